The van der Waals surface area contributed by atoms with E-state index in [1.54, 1.807) is 0 Å². The maximum absolute atomic E-state index is 9.12. The molecular formula is C17H24N2. The number of nitrogens with zero attached hydrogens (tertiary/aromatic N) is 2. The van der Waals surface area contributed by atoms with E-state index in [9.17, 15) is 0 Å². The molecule has 19 heavy (non-hydrogen) atoms. The monoisotopic (exact) mass is 256 g/mol. The van der Waals surface area contributed by atoms with Gasteiger partial charge in [0.25, 0.3) is 0 Å². The second kappa shape index (κ2) is 4.98. The maximum Gasteiger partial charge on any atom is 0.0703 e. The molecule has 1 saturated carbocycles. The van der Waals surface area contributed by atoms with E-state index >= 15 is 0 Å². The second-order valence-electron chi connectivity index (χ2n) is 7.01. The van der Waals surface area contributed by atoms with Crippen molar-refractivity contribution in [2.45, 2.75) is 45.6 Å². The molecule has 0 atom stereocenters. The van der Waals surface area contributed by atoms with Crippen LogP contribution in [0.2, 0.25) is 0 Å². The zero-order valence-electron chi connectivity index (χ0n) is 12.5. The van der Waals surface area contributed by atoms with Gasteiger partial charge < -0.3 is 4.90 Å². The van der Waals surface area contributed by atoms with Gasteiger partial charge in [0.2, 0.25) is 0 Å². The Labute approximate surface area is 117 Å². The van der Waals surface area contributed by atoms with Crippen LogP contribution in [0.5, 0.6) is 0 Å². The highest BCUT2D eigenvalue weighted by Gasteiger charge is 2.43. The summed E-state index contributed by atoms with van der Waals surface area (Å²) in [4.78, 5) is 2.27. The Morgan fingerprint density at radius 2 is 1.79 bits per heavy atom. The van der Waals surface area contributed by atoms with E-state index in [-0.39, 0.29) is 10.8 Å². The lowest BCUT2D eigenvalue weighted by molar-refractivity contribution is 0.286. The van der Waals surface area contributed by atoms with Crippen LogP contribution in [0.1, 0.15) is 44.7 Å². The van der Waals surface area contributed by atoms with Crippen LogP contribution in [-0.4, -0.2) is 18.5 Å². The number of nitriles is 1. The average molecular weight is 256 g/mol. The summed E-state index contributed by atoms with van der Waals surface area (Å²) in [5.74, 6) is 0. The lowest BCUT2D eigenvalue weighted by Crippen LogP contribution is -2.25. The summed E-state index contributed by atoms with van der Waals surface area (Å²) in [7, 11) is 2.11. The first-order valence-electron chi connectivity index (χ1n) is 7.04. The van der Waals surface area contributed by atoms with Crippen molar-refractivity contribution in [1.82, 2.24) is 4.90 Å². The van der Waals surface area contributed by atoms with Crippen molar-refractivity contribution in [3.05, 3.63) is 35.4 Å². The molecule has 0 spiro atoms. The fourth-order valence-electron chi connectivity index (χ4n) is 2.45. The third kappa shape index (κ3) is 3.58. The fourth-order valence-corrected chi connectivity index (χ4v) is 2.45. The zero-order valence-corrected chi connectivity index (χ0v) is 12.5. The number of rotatable bonds is 4. The summed E-state index contributed by atoms with van der Waals surface area (Å²) >= 11 is 0. The molecule has 0 aromatic heterocycles. The SMILES string of the molecule is CN(Cc1ccc(C(C)(C)C)cc1)CC1(C#N)CC1. The molecule has 0 saturated heterocycles. The molecule has 2 heteroatoms. The highest BCUT2D eigenvalue weighted by molar-refractivity contribution is 5.27. The lowest BCUT2D eigenvalue weighted by Gasteiger charge is -2.21. The van der Waals surface area contributed by atoms with Gasteiger partial charge in [-0.05, 0) is 36.4 Å². The second-order valence-corrected chi connectivity index (χ2v) is 7.01. The highest BCUT2D eigenvalue weighted by Crippen LogP contribution is 2.45. The lowest BCUT2D eigenvalue weighted by atomic mass is 9.87. The minimum absolute atomic E-state index is 0.0416. The van der Waals surface area contributed by atoms with Crippen molar-refractivity contribution in [3.63, 3.8) is 0 Å². The van der Waals surface area contributed by atoms with E-state index in [4.69, 9.17) is 5.26 Å². The van der Waals surface area contributed by atoms with Gasteiger partial charge in [-0.25, -0.2) is 0 Å². The molecule has 1 aliphatic carbocycles. The number of hydrogen-bond acceptors (Lipinski definition) is 2. The molecule has 0 aliphatic heterocycles. The molecule has 0 N–H and O–H groups in total. The largest absolute Gasteiger partial charge is 0.301 e. The van der Waals surface area contributed by atoms with E-state index in [1.165, 1.54) is 11.1 Å². The predicted octanol–water partition coefficient (Wildman–Crippen LogP) is 3.72. The Hall–Kier alpha value is -1.33. The van der Waals surface area contributed by atoms with Crippen LogP contribution in [0.4, 0.5) is 0 Å². The molecule has 0 radical (unpaired) electrons. The number of benzene rings is 1. The Morgan fingerprint density at radius 3 is 2.21 bits per heavy atom. The molecule has 102 valence electrons. The standard InChI is InChI=1S/C17H24N2/c1-16(2,3)15-7-5-14(6-8-15)11-19(4)13-17(12-18)9-10-17/h5-8H,9-11,13H2,1-4H3. The van der Waals surface area contributed by atoms with Crippen LogP contribution >= 0.6 is 0 Å². The highest BCUT2D eigenvalue weighted by atomic mass is 15.1. The molecule has 2 nitrogen and oxygen atoms in total. The minimum Gasteiger partial charge on any atom is -0.301 e. The average Bonchev–Trinajstić information content (AvgIpc) is 3.09. The van der Waals surface area contributed by atoms with Crippen molar-refractivity contribution in [2.24, 2.45) is 5.41 Å². The van der Waals surface area contributed by atoms with Gasteiger partial charge >= 0.3 is 0 Å². The smallest absolute Gasteiger partial charge is 0.0703 e. The van der Waals surface area contributed by atoms with Gasteiger partial charge in [0.15, 0.2) is 0 Å². The van der Waals surface area contributed by atoms with E-state index in [0.29, 0.717) is 0 Å². The first kappa shape index (κ1) is 14.1. The Balaban J connectivity index is 1.95. The Bertz CT molecular complexity index is 469. The summed E-state index contributed by atoms with van der Waals surface area (Å²) in [6.45, 7) is 8.52. The fraction of sp³-hybridized carbons (Fsp3) is 0.588. The van der Waals surface area contributed by atoms with Crippen LogP contribution in [0.3, 0.4) is 0 Å². The van der Waals surface area contributed by atoms with Gasteiger partial charge in [-0.15, -0.1) is 0 Å². The van der Waals surface area contributed by atoms with Gasteiger partial charge in [0, 0.05) is 13.1 Å². The topological polar surface area (TPSA) is 27.0 Å². The molecule has 0 amide bonds. The van der Waals surface area contributed by atoms with E-state index in [1.807, 2.05) is 0 Å². The van der Waals surface area contributed by atoms with E-state index in [0.717, 1.165) is 25.9 Å². The Morgan fingerprint density at radius 1 is 1.21 bits per heavy atom. The van der Waals surface area contributed by atoms with Crippen molar-refractivity contribution in [1.29, 1.82) is 5.26 Å². The quantitative estimate of drug-likeness (QED) is 0.821. The summed E-state index contributed by atoms with van der Waals surface area (Å²) in [6, 6.07) is 11.3. The molecule has 0 unspecified atom stereocenters. The summed E-state index contributed by atoms with van der Waals surface area (Å²) in [6.07, 6.45) is 2.13. The van der Waals surface area contributed by atoms with Crippen molar-refractivity contribution in [2.75, 3.05) is 13.6 Å². The molecule has 0 heterocycles. The van der Waals surface area contributed by atoms with Gasteiger partial charge in [-0.1, -0.05) is 45.0 Å². The Kier molecular flexibility index (Phi) is 3.69. The van der Waals surface area contributed by atoms with Crippen molar-refractivity contribution < 1.29 is 0 Å². The maximum atomic E-state index is 9.12. The molecule has 1 fully saturated rings. The molecule has 1 aromatic carbocycles. The molecular weight excluding hydrogens is 232 g/mol. The van der Waals surface area contributed by atoms with Crippen LogP contribution < -0.4 is 0 Å². The minimum atomic E-state index is -0.0416. The van der Waals surface area contributed by atoms with Gasteiger partial charge in [-0.2, -0.15) is 5.26 Å². The zero-order chi connectivity index (χ0) is 14.1. The van der Waals surface area contributed by atoms with Crippen LogP contribution in [0.25, 0.3) is 0 Å². The third-order valence-corrected chi connectivity index (χ3v) is 3.94. The van der Waals surface area contributed by atoms with Gasteiger partial charge in [0.1, 0.15) is 0 Å². The summed E-state index contributed by atoms with van der Waals surface area (Å²) in [5.41, 5.74) is 2.86. The van der Waals surface area contributed by atoms with Crippen molar-refractivity contribution in [3.8, 4) is 6.07 Å². The third-order valence-electron chi connectivity index (χ3n) is 3.94. The number of hydrogen-bond donors (Lipinski definition) is 0. The molecule has 1 aromatic rings. The molecule has 1 aliphatic rings. The summed E-state index contributed by atoms with van der Waals surface area (Å²) < 4.78 is 0. The van der Waals surface area contributed by atoms with Gasteiger partial charge in [-0.3, -0.25) is 0 Å². The normalized spacial score (nSPS) is 17.3. The van der Waals surface area contributed by atoms with Crippen molar-refractivity contribution >= 4 is 0 Å². The summed E-state index contributed by atoms with van der Waals surface area (Å²) in [5, 5.41) is 9.12. The van der Waals surface area contributed by atoms with Crippen LogP contribution in [0, 0.1) is 16.7 Å². The van der Waals surface area contributed by atoms with Crippen LogP contribution in [-0.2, 0) is 12.0 Å². The first-order chi connectivity index (χ1) is 8.85. The molecule has 2 rings (SSSR count). The molecule has 0 bridgehead atoms. The van der Waals surface area contributed by atoms with E-state index < -0.39 is 0 Å². The van der Waals surface area contributed by atoms with Crippen LogP contribution in [0.15, 0.2) is 24.3 Å². The van der Waals surface area contributed by atoms with E-state index in [2.05, 4.69) is 63.1 Å². The first-order valence-corrected chi connectivity index (χ1v) is 7.04. The van der Waals surface area contributed by atoms with Gasteiger partial charge in [0.05, 0.1) is 11.5 Å². The predicted molar refractivity (Wildman–Crippen MR) is 78.8 cm³/mol.